The maximum absolute atomic E-state index is 12.5. The predicted molar refractivity (Wildman–Crippen MR) is 85.7 cm³/mol. The fourth-order valence-electron chi connectivity index (χ4n) is 2.24. The molecule has 134 valence electrons. The second kappa shape index (κ2) is 8.32. The number of aromatic nitrogens is 1. The van der Waals surface area contributed by atoms with Crippen LogP contribution in [0.25, 0.3) is 0 Å². The summed E-state index contributed by atoms with van der Waals surface area (Å²) in [5, 5.41) is 7.14. The fraction of sp³-hybridized carbons (Fsp3) is 0.643. The summed E-state index contributed by atoms with van der Waals surface area (Å²) in [6.45, 7) is 4.10. The Labute approximate surface area is 142 Å². The highest BCUT2D eigenvalue weighted by Gasteiger charge is 2.33. The number of aliphatic imine (C=N–C) groups is 1. The number of likely N-dealkylation sites (tertiary alicyclic amines) is 1. The van der Waals surface area contributed by atoms with E-state index in [-0.39, 0.29) is 19.0 Å². The Morgan fingerprint density at radius 1 is 1.38 bits per heavy atom. The Morgan fingerprint density at radius 2 is 2.08 bits per heavy atom. The van der Waals surface area contributed by atoms with Crippen molar-refractivity contribution in [3.8, 4) is 0 Å². The van der Waals surface area contributed by atoms with Crippen molar-refractivity contribution in [3.05, 3.63) is 16.1 Å². The fourth-order valence-corrected chi connectivity index (χ4v) is 2.98. The molecule has 0 radical (unpaired) electrons. The maximum atomic E-state index is 12.5. The van der Waals surface area contributed by atoms with Gasteiger partial charge in [-0.1, -0.05) is 0 Å². The lowest BCUT2D eigenvalue weighted by atomic mass is 10.4. The smallest absolute Gasteiger partial charge is 0.357 e. The predicted octanol–water partition coefficient (Wildman–Crippen LogP) is 1.84. The number of guanidine groups is 1. The molecule has 0 spiro atoms. The van der Waals surface area contributed by atoms with Crippen molar-refractivity contribution in [2.45, 2.75) is 32.5 Å². The summed E-state index contributed by atoms with van der Waals surface area (Å²) in [7, 11) is 0. The quantitative estimate of drug-likeness (QED) is 0.619. The van der Waals surface area contributed by atoms with E-state index < -0.39 is 11.9 Å². The number of rotatable bonds is 5. The van der Waals surface area contributed by atoms with Crippen molar-refractivity contribution in [3.63, 3.8) is 0 Å². The molecule has 0 aliphatic carbocycles. The largest absolute Gasteiger partial charge is 0.434 e. The standard InChI is InChI=1S/C14H20F3N5OS/c1-2-18-13(20-8-12(23)22-5-3-4-6-22)19-7-11-21-10(9-24-11)14(15,16)17/h9H,2-8H2,1H3,(H2,18,19,20). The highest BCUT2D eigenvalue weighted by atomic mass is 32.1. The van der Waals surface area contributed by atoms with Crippen molar-refractivity contribution < 1.29 is 18.0 Å². The van der Waals surface area contributed by atoms with E-state index in [1.165, 1.54) is 0 Å². The zero-order chi connectivity index (χ0) is 17.6. The molecular weight excluding hydrogens is 343 g/mol. The van der Waals surface area contributed by atoms with Crippen LogP contribution in [0.4, 0.5) is 13.2 Å². The monoisotopic (exact) mass is 363 g/mol. The van der Waals surface area contributed by atoms with Crippen LogP contribution in [0.15, 0.2) is 10.4 Å². The van der Waals surface area contributed by atoms with Crippen molar-refractivity contribution in [2.24, 2.45) is 4.99 Å². The molecule has 0 atom stereocenters. The van der Waals surface area contributed by atoms with Gasteiger partial charge < -0.3 is 15.5 Å². The minimum atomic E-state index is -4.44. The molecule has 0 unspecified atom stereocenters. The van der Waals surface area contributed by atoms with Crippen LogP contribution in [-0.4, -0.2) is 47.9 Å². The normalized spacial score (nSPS) is 15.7. The lowest BCUT2D eigenvalue weighted by Crippen LogP contribution is -2.38. The van der Waals surface area contributed by atoms with E-state index in [0.29, 0.717) is 17.5 Å². The van der Waals surface area contributed by atoms with Gasteiger partial charge in [-0.15, -0.1) is 11.3 Å². The highest BCUT2D eigenvalue weighted by Crippen LogP contribution is 2.29. The number of carbonyl (C=O) groups is 1. The van der Waals surface area contributed by atoms with Gasteiger partial charge in [0, 0.05) is 25.0 Å². The van der Waals surface area contributed by atoms with Crippen LogP contribution in [0.2, 0.25) is 0 Å². The first-order chi connectivity index (χ1) is 11.4. The van der Waals surface area contributed by atoms with Gasteiger partial charge in [-0.25, -0.2) is 9.98 Å². The van der Waals surface area contributed by atoms with Crippen molar-refractivity contribution >= 4 is 23.2 Å². The number of alkyl halides is 3. The van der Waals surface area contributed by atoms with Crippen molar-refractivity contribution in [1.82, 2.24) is 20.5 Å². The number of thiazole rings is 1. The maximum Gasteiger partial charge on any atom is 0.434 e. The van der Waals surface area contributed by atoms with Gasteiger partial charge in [-0.3, -0.25) is 4.79 Å². The molecule has 2 N–H and O–H groups in total. The molecule has 1 fully saturated rings. The van der Waals surface area contributed by atoms with E-state index in [2.05, 4.69) is 20.6 Å². The molecule has 10 heteroatoms. The lowest BCUT2D eigenvalue weighted by molar-refractivity contribution is -0.140. The first-order valence-corrected chi connectivity index (χ1v) is 8.59. The molecule has 1 amide bonds. The summed E-state index contributed by atoms with van der Waals surface area (Å²) in [5.74, 6) is 0.340. The van der Waals surface area contributed by atoms with Gasteiger partial charge >= 0.3 is 6.18 Å². The minimum Gasteiger partial charge on any atom is -0.357 e. The van der Waals surface area contributed by atoms with E-state index >= 15 is 0 Å². The second-order valence-corrected chi connectivity index (χ2v) is 6.20. The van der Waals surface area contributed by atoms with Gasteiger partial charge in [0.05, 0.1) is 6.54 Å². The summed E-state index contributed by atoms with van der Waals surface area (Å²) in [6, 6.07) is 0. The topological polar surface area (TPSA) is 69.6 Å². The first kappa shape index (κ1) is 18.5. The Kier molecular flexibility index (Phi) is 6.41. The molecule has 1 aromatic heterocycles. The summed E-state index contributed by atoms with van der Waals surface area (Å²) in [5.41, 5.74) is -0.893. The van der Waals surface area contributed by atoms with E-state index in [4.69, 9.17) is 0 Å². The number of nitrogens with one attached hydrogen (secondary N) is 2. The zero-order valence-corrected chi connectivity index (χ0v) is 14.1. The Bertz CT molecular complexity index is 581. The Hall–Kier alpha value is -1.84. The summed E-state index contributed by atoms with van der Waals surface area (Å²) in [6.07, 6.45) is -2.41. The number of hydrogen-bond donors (Lipinski definition) is 2. The lowest BCUT2D eigenvalue weighted by Gasteiger charge is -2.14. The molecule has 0 bridgehead atoms. The molecule has 1 aromatic rings. The Morgan fingerprint density at radius 3 is 2.67 bits per heavy atom. The molecule has 2 heterocycles. The van der Waals surface area contributed by atoms with Crippen LogP contribution in [0.1, 0.15) is 30.5 Å². The van der Waals surface area contributed by atoms with E-state index in [1.54, 1.807) is 4.90 Å². The summed E-state index contributed by atoms with van der Waals surface area (Å²) >= 11 is 0.930. The van der Waals surface area contributed by atoms with Crippen LogP contribution in [0.3, 0.4) is 0 Å². The molecule has 1 aliphatic rings. The van der Waals surface area contributed by atoms with E-state index in [0.717, 1.165) is 42.6 Å². The van der Waals surface area contributed by atoms with Crippen LogP contribution in [0, 0.1) is 0 Å². The molecule has 1 saturated heterocycles. The third kappa shape index (κ3) is 5.36. The summed E-state index contributed by atoms with van der Waals surface area (Å²) in [4.78, 5) is 21.5. The SMILES string of the molecule is CCNC(=NCC(=O)N1CCCC1)NCc1nc(C(F)(F)F)cs1. The number of amides is 1. The first-order valence-electron chi connectivity index (χ1n) is 7.71. The number of hydrogen-bond acceptors (Lipinski definition) is 4. The molecule has 2 rings (SSSR count). The summed E-state index contributed by atoms with van der Waals surface area (Å²) < 4.78 is 37.6. The molecule has 0 aromatic carbocycles. The van der Waals surface area contributed by atoms with Crippen LogP contribution < -0.4 is 10.6 Å². The van der Waals surface area contributed by atoms with Gasteiger partial charge in [-0.05, 0) is 19.8 Å². The average Bonchev–Trinajstić information content (AvgIpc) is 3.20. The van der Waals surface area contributed by atoms with Crippen molar-refractivity contribution in [2.75, 3.05) is 26.2 Å². The Balaban J connectivity index is 1.89. The van der Waals surface area contributed by atoms with Gasteiger partial charge in [0.25, 0.3) is 0 Å². The van der Waals surface area contributed by atoms with Crippen LogP contribution in [0.5, 0.6) is 0 Å². The van der Waals surface area contributed by atoms with Crippen molar-refractivity contribution in [1.29, 1.82) is 0 Å². The van der Waals surface area contributed by atoms with E-state index in [1.807, 2.05) is 6.92 Å². The number of nitrogens with zero attached hydrogens (tertiary/aromatic N) is 3. The molecular formula is C14H20F3N5OS. The average molecular weight is 363 g/mol. The highest BCUT2D eigenvalue weighted by molar-refractivity contribution is 7.09. The number of carbonyl (C=O) groups excluding carboxylic acids is 1. The van der Waals surface area contributed by atoms with Crippen LogP contribution in [-0.2, 0) is 17.5 Å². The second-order valence-electron chi connectivity index (χ2n) is 5.26. The molecule has 6 nitrogen and oxygen atoms in total. The van der Waals surface area contributed by atoms with E-state index in [9.17, 15) is 18.0 Å². The van der Waals surface area contributed by atoms with Gasteiger partial charge in [-0.2, -0.15) is 13.2 Å². The molecule has 24 heavy (non-hydrogen) atoms. The molecule has 0 saturated carbocycles. The number of halogens is 3. The zero-order valence-electron chi connectivity index (χ0n) is 13.3. The third-order valence-electron chi connectivity index (χ3n) is 3.42. The van der Waals surface area contributed by atoms with Gasteiger partial charge in [0.1, 0.15) is 11.6 Å². The minimum absolute atomic E-state index is 0.0149. The van der Waals surface area contributed by atoms with Gasteiger partial charge in [0.15, 0.2) is 11.7 Å². The third-order valence-corrected chi connectivity index (χ3v) is 4.27. The van der Waals surface area contributed by atoms with Gasteiger partial charge in [0.2, 0.25) is 5.91 Å². The molecule has 1 aliphatic heterocycles. The van der Waals surface area contributed by atoms with Crippen LogP contribution >= 0.6 is 11.3 Å².